The first-order valence-corrected chi connectivity index (χ1v) is 13.0. The monoisotopic (exact) mass is 545 g/mol. The summed E-state index contributed by atoms with van der Waals surface area (Å²) in [7, 11) is 0. The molecule has 0 bridgehead atoms. The van der Waals surface area contributed by atoms with Crippen LogP contribution in [0.2, 0.25) is 0 Å². The molecule has 2 heterocycles. The lowest BCUT2D eigenvalue weighted by Gasteiger charge is -2.32. The highest BCUT2D eigenvalue weighted by molar-refractivity contribution is 6.09. The molecule has 0 spiro atoms. The highest BCUT2D eigenvalue weighted by Crippen LogP contribution is 2.38. The van der Waals surface area contributed by atoms with Gasteiger partial charge in [0.2, 0.25) is 5.91 Å². The number of alkyl halides is 3. The Kier molecular flexibility index (Phi) is 7.74. The van der Waals surface area contributed by atoms with E-state index in [-0.39, 0.29) is 17.5 Å². The molecule has 2 fully saturated rings. The lowest BCUT2D eigenvalue weighted by molar-refractivity contribution is -0.125. The van der Waals surface area contributed by atoms with Crippen molar-refractivity contribution in [2.24, 2.45) is 5.92 Å². The van der Waals surface area contributed by atoms with Crippen molar-refractivity contribution in [3.05, 3.63) is 41.3 Å². The second-order valence-electron chi connectivity index (χ2n) is 10.2. The van der Waals surface area contributed by atoms with Crippen LogP contribution in [0.5, 0.6) is 5.75 Å². The van der Waals surface area contributed by atoms with Gasteiger partial charge in [-0.25, -0.2) is 23.1 Å². The number of aliphatic hydroxyl groups is 1. The number of H-pyrrole nitrogens is 1. The molecule has 2 aromatic heterocycles. The number of halogens is 3. The van der Waals surface area contributed by atoms with E-state index in [9.17, 15) is 22.8 Å². The highest BCUT2D eigenvalue weighted by Gasteiger charge is 2.33. The van der Waals surface area contributed by atoms with E-state index >= 15 is 0 Å². The van der Waals surface area contributed by atoms with Crippen LogP contribution >= 0.6 is 0 Å². The summed E-state index contributed by atoms with van der Waals surface area (Å²) in [5, 5.41) is 14.2. The molecule has 3 aromatic rings. The molecule has 2 amide bonds. The summed E-state index contributed by atoms with van der Waals surface area (Å²) in [5.41, 5.74) is 1.99. The Labute approximate surface area is 222 Å². The van der Waals surface area contributed by atoms with Gasteiger partial charge in [0.25, 0.3) is 12.3 Å². The number of rotatable bonds is 9. The molecule has 2 saturated carbocycles. The predicted octanol–water partition coefficient (Wildman–Crippen LogP) is 3.76. The van der Waals surface area contributed by atoms with Gasteiger partial charge in [-0.3, -0.25) is 9.59 Å². The van der Waals surface area contributed by atoms with Crippen molar-refractivity contribution in [2.75, 3.05) is 13.2 Å². The Bertz CT molecular complexity index is 1380. The molecular formula is C27H30F3N5O4. The number of nitrogens with zero attached hydrogens (tertiary/aromatic N) is 2. The summed E-state index contributed by atoms with van der Waals surface area (Å²) in [6, 6.07) is 3.01. The van der Waals surface area contributed by atoms with Crippen LogP contribution in [-0.4, -0.2) is 63.3 Å². The largest absolute Gasteiger partial charge is 0.493 e. The van der Waals surface area contributed by atoms with Crippen LogP contribution in [0, 0.1) is 12.8 Å². The average Bonchev–Trinajstić information content (AvgIpc) is 3.68. The average molecular weight is 546 g/mol. The van der Waals surface area contributed by atoms with Crippen LogP contribution in [0.4, 0.5) is 13.2 Å². The summed E-state index contributed by atoms with van der Waals surface area (Å²) in [5.74, 6) is -0.227. The normalized spacial score (nSPS) is 21.2. The number of amides is 2. The Balaban J connectivity index is 1.41. The van der Waals surface area contributed by atoms with E-state index < -0.39 is 43.1 Å². The molecule has 39 heavy (non-hydrogen) atoms. The van der Waals surface area contributed by atoms with Gasteiger partial charge in [-0.05, 0) is 56.7 Å². The van der Waals surface area contributed by atoms with Crippen molar-refractivity contribution in [1.29, 1.82) is 0 Å². The number of aromatic nitrogens is 3. The maximum Gasteiger partial charge on any atom is 0.263 e. The molecule has 1 aromatic carbocycles. The van der Waals surface area contributed by atoms with Gasteiger partial charge in [-0.15, -0.1) is 0 Å². The summed E-state index contributed by atoms with van der Waals surface area (Å²) in [6.07, 6.45) is 0.0929. The fourth-order valence-electron chi connectivity index (χ4n) is 5.01. The number of ether oxygens (including phenoxy) is 1. The molecule has 9 nitrogen and oxygen atoms in total. The van der Waals surface area contributed by atoms with Crippen molar-refractivity contribution >= 4 is 22.8 Å². The standard InChI is InChI=1S/C27H30F3N5O4/c1-13-22(27(38)34-16-5-6-19(18(28)9-16)35-21(37)10-36)24-25(33-13)23(31-12-32-24)17-8-15(26(29)30)4-7-20(17)39-11-14-2-3-14/h4,7-8,12,14,16,18-19,26,33,36H,2-3,5-6,9-11H2,1H3,(H,34,38)(H,35,37)/t16-,18+,19+/m0/s1. The van der Waals surface area contributed by atoms with Crippen LogP contribution in [0.25, 0.3) is 22.3 Å². The highest BCUT2D eigenvalue weighted by atomic mass is 19.3. The minimum Gasteiger partial charge on any atom is -0.493 e. The molecule has 0 unspecified atom stereocenters. The molecule has 208 valence electrons. The molecule has 2 aliphatic carbocycles. The third-order valence-electron chi connectivity index (χ3n) is 7.28. The molecule has 3 atom stereocenters. The van der Waals surface area contributed by atoms with Gasteiger partial charge >= 0.3 is 0 Å². The number of fused-ring (bicyclic) bond motifs is 1. The topological polar surface area (TPSA) is 129 Å². The number of aliphatic hydroxyl groups excluding tert-OH is 1. The van der Waals surface area contributed by atoms with Gasteiger partial charge in [-0.1, -0.05) is 0 Å². The number of hydrogen-bond acceptors (Lipinski definition) is 6. The van der Waals surface area contributed by atoms with E-state index in [0.29, 0.717) is 59.1 Å². The van der Waals surface area contributed by atoms with E-state index in [0.717, 1.165) is 12.8 Å². The second kappa shape index (κ2) is 11.2. The van der Waals surface area contributed by atoms with Crippen LogP contribution in [0.15, 0.2) is 24.5 Å². The Hall–Kier alpha value is -3.67. The predicted molar refractivity (Wildman–Crippen MR) is 136 cm³/mol. The van der Waals surface area contributed by atoms with E-state index in [1.165, 1.54) is 24.5 Å². The van der Waals surface area contributed by atoms with E-state index in [2.05, 4.69) is 25.6 Å². The van der Waals surface area contributed by atoms with Gasteiger partial charge in [-0.2, -0.15) is 0 Å². The van der Waals surface area contributed by atoms with Gasteiger partial charge in [0.1, 0.15) is 36.1 Å². The number of hydrogen-bond donors (Lipinski definition) is 4. The number of aromatic amines is 1. The number of benzene rings is 1. The van der Waals surface area contributed by atoms with Gasteiger partial charge in [0, 0.05) is 29.3 Å². The zero-order valence-corrected chi connectivity index (χ0v) is 21.3. The first kappa shape index (κ1) is 26.9. The number of aryl methyl sites for hydroxylation is 1. The molecule has 12 heteroatoms. The van der Waals surface area contributed by atoms with E-state index in [4.69, 9.17) is 9.84 Å². The fraction of sp³-hybridized carbons (Fsp3) is 0.481. The van der Waals surface area contributed by atoms with Crippen LogP contribution in [0.1, 0.15) is 60.1 Å². The Morgan fingerprint density at radius 3 is 2.67 bits per heavy atom. The summed E-state index contributed by atoms with van der Waals surface area (Å²) in [6.45, 7) is 1.46. The molecule has 0 saturated heterocycles. The van der Waals surface area contributed by atoms with Gasteiger partial charge in [0.15, 0.2) is 0 Å². The number of carbonyl (C=O) groups is 2. The molecule has 5 rings (SSSR count). The minimum absolute atomic E-state index is 0.00582. The zero-order chi connectivity index (χ0) is 27.7. The number of nitrogens with one attached hydrogen (secondary N) is 3. The molecule has 0 aliphatic heterocycles. The van der Waals surface area contributed by atoms with Crippen molar-refractivity contribution < 1.29 is 32.6 Å². The minimum atomic E-state index is -2.68. The van der Waals surface area contributed by atoms with E-state index in [1.807, 2.05) is 0 Å². The Morgan fingerprint density at radius 2 is 1.97 bits per heavy atom. The first-order valence-electron chi connectivity index (χ1n) is 13.0. The second-order valence-corrected chi connectivity index (χ2v) is 10.2. The Morgan fingerprint density at radius 1 is 1.18 bits per heavy atom. The summed E-state index contributed by atoms with van der Waals surface area (Å²) in [4.78, 5) is 36.5. The van der Waals surface area contributed by atoms with Crippen molar-refractivity contribution in [1.82, 2.24) is 25.6 Å². The molecule has 0 radical (unpaired) electrons. The lowest BCUT2D eigenvalue weighted by atomic mass is 9.89. The zero-order valence-electron chi connectivity index (χ0n) is 21.3. The van der Waals surface area contributed by atoms with Gasteiger partial charge in [0.05, 0.1) is 23.7 Å². The first-order chi connectivity index (χ1) is 18.7. The lowest BCUT2D eigenvalue weighted by Crippen LogP contribution is -2.50. The maximum absolute atomic E-state index is 14.7. The SMILES string of the molecule is Cc1[nH]c2c(-c3cc(C(F)F)ccc3OCC3CC3)ncnc2c1C(=O)N[C@H]1CC[C@@H](NC(=O)CO)[C@H](F)C1. The third kappa shape index (κ3) is 5.85. The fourth-order valence-corrected chi connectivity index (χ4v) is 5.01. The smallest absolute Gasteiger partial charge is 0.263 e. The summed E-state index contributed by atoms with van der Waals surface area (Å²) < 4.78 is 47.8. The summed E-state index contributed by atoms with van der Waals surface area (Å²) >= 11 is 0. The van der Waals surface area contributed by atoms with Crippen molar-refractivity contribution in [3.8, 4) is 17.0 Å². The number of carbonyl (C=O) groups excluding carboxylic acids is 2. The molecular weight excluding hydrogens is 515 g/mol. The van der Waals surface area contributed by atoms with Crippen LogP contribution < -0.4 is 15.4 Å². The molecule has 2 aliphatic rings. The maximum atomic E-state index is 14.7. The van der Waals surface area contributed by atoms with Crippen molar-refractivity contribution in [2.45, 2.75) is 63.7 Å². The quantitative estimate of drug-likeness (QED) is 0.324. The van der Waals surface area contributed by atoms with Crippen LogP contribution in [0.3, 0.4) is 0 Å². The molecule has 4 N–H and O–H groups in total. The van der Waals surface area contributed by atoms with Crippen LogP contribution in [-0.2, 0) is 4.79 Å². The van der Waals surface area contributed by atoms with Crippen molar-refractivity contribution in [3.63, 3.8) is 0 Å². The van der Waals surface area contributed by atoms with E-state index in [1.54, 1.807) is 6.92 Å². The van der Waals surface area contributed by atoms with Gasteiger partial charge < -0.3 is 25.5 Å². The third-order valence-corrected chi connectivity index (χ3v) is 7.28.